The Morgan fingerprint density at radius 3 is 2.25 bits per heavy atom. The molecule has 0 radical (unpaired) electrons. The van der Waals surface area contributed by atoms with Crippen molar-refractivity contribution in [2.24, 2.45) is 0 Å². The summed E-state index contributed by atoms with van der Waals surface area (Å²) >= 11 is 1.14. The number of amides is 1. The smallest absolute Gasteiger partial charge is 0.269 e. The lowest BCUT2D eigenvalue weighted by Gasteiger charge is -2.33. The quantitative estimate of drug-likeness (QED) is 0.410. The lowest BCUT2D eigenvalue weighted by Crippen LogP contribution is -2.42. The molecular weight excluding hydrogens is 430 g/mol. The lowest BCUT2D eigenvalue weighted by atomic mass is 10.1. The number of allylic oxidation sites excluding steroid dienone is 1. The van der Waals surface area contributed by atoms with Gasteiger partial charge in [0.1, 0.15) is 0 Å². The SMILES string of the molecule is CCC(=O)C1=C(c2ccc([N+](=O)[O-])cc2)N(C(=O)CC)n2c(nnc2-c2ccccc2)S1. The molecule has 0 unspecified atom stereocenters. The number of carbonyl (C=O) groups excluding carboxylic acids is 2. The fourth-order valence-electron chi connectivity index (χ4n) is 3.34. The Morgan fingerprint density at radius 2 is 1.66 bits per heavy atom. The summed E-state index contributed by atoms with van der Waals surface area (Å²) in [4.78, 5) is 37.1. The molecule has 0 saturated carbocycles. The van der Waals surface area contributed by atoms with Crippen molar-refractivity contribution in [1.29, 1.82) is 0 Å². The Morgan fingerprint density at radius 1 is 0.969 bits per heavy atom. The van der Waals surface area contributed by atoms with Crippen LogP contribution in [0.25, 0.3) is 17.1 Å². The van der Waals surface area contributed by atoms with Gasteiger partial charge in [0.2, 0.25) is 11.1 Å². The number of nitro benzene ring substituents is 1. The van der Waals surface area contributed by atoms with Gasteiger partial charge in [0.15, 0.2) is 11.6 Å². The van der Waals surface area contributed by atoms with Crippen molar-refractivity contribution in [2.45, 2.75) is 31.8 Å². The molecule has 0 bridgehead atoms. The van der Waals surface area contributed by atoms with E-state index in [1.165, 1.54) is 17.1 Å². The molecule has 2 heterocycles. The molecule has 9 nitrogen and oxygen atoms in total. The van der Waals surface area contributed by atoms with Crippen molar-refractivity contribution >= 4 is 34.8 Å². The minimum Gasteiger partial charge on any atom is -0.294 e. The molecule has 2 aromatic carbocycles. The number of aromatic nitrogens is 3. The van der Waals surface area contributed by atoms with Gasteiger partial charge in [0, 0.05) is 36.1 Å². The van der Waals surface area contributed by atoms with Gasteiger partial charge in [-0.15, -0.1) is 10.2 Å². The van der Waals surface area contributed by atoms with Crippen LogP contribution in [0.15, 0.2) is 64.7 Å². The third-order valence-corrected chi connectivity index (χ3v) is 5.99. The highest BCUT2D eigenvalue weighted by Crippen LogP contribution is 2.42. The first-order valence-electron chi connectivity index (χ1n) is 10.0. The third-order valence-electron chi connectivity index (χ3n) is 4.93. The largest absolute Gasteiger partial charge is 0.294 e. The summed E-state index contributed by atoms with van der Waals surface area (Å²) in [6.45, 7) is 3.47. The maximum absolute atomic E-state index is 13.2. The Kier molecular flexibility index (Phi) is 5.87. The van der Waals surface area contributed by atoms with E-state index in [0.717, 1.165) is 17.3 Å². The van der Waals surface area contributed by atoms with Crippen molar-refractivity contribution in [2.75, 3.05) is 5.01 Å². The van der Waals surface area contributed by atoms with Crippen LogP contribution in [0.3, 0.4) is 0 Å². The number of fused-ring (bicyclic) bond motifs is 1. The Balaban J connectivity index is 1.97. The highest BCUT2D eigenvalue weighted by Gasteiger charge is 2.36. The van der Waals surface area contributed by atoms with Crippen LogP contribution in [-0.2, 0) is 9.59 Å². The molecule has 10 heteroatoms. The van der Waals surface area contributed by atoms with Gasteiger partial charge in [-0.2, -0.15) is 4.68 Å². The molecule has 0 N–H and O–H groups in total. The number of Topliss-reactive ketones (excluding diaryl/α,β-unsaturated/α-hetero) is 1. The van der Waals surface area contributed by atoms with Crippen LogP contribution in [0.4, 0.5) is 5.69 Å². The summed E-state index contributed by atoms with van der Waals surface area (Å²) in [5, 5.41) is 21.4. The number of hydrogen-bond donors (Lipinski definition) is 0. The molecule has 32 heavy (non-hydrogen) atoms. The number of rotatable bonds is 6. The van der Waals surface area contributed by atoms with E-state index in [2.05, 4.69) is 10.2 Å². The predicted octanol–water partition coefficient (Wildman–Crippen LogP) is 4.18. The van der Waals surface area contributed by atoms with Gasteiger partial charge in [-0.1, -0.05) is 44.2 Å². The van der Waals surface area contributed by atoms with Crippen molar-refractivity contribution in [3.8, 4) is 11.4 Å². The average Bonchev–Trinajstić information content (AvgIpc) is 3.26. The molecule has 0 atom stereocenters. The molecule has 162 valence electrons. The second kappa shape index (κ2) is 8.75. The first-order valence-corrected chi connectivity index (χ1v) is 10.8. The number of nitrogens with zero attached hydrogens (tertiary/aromatic N) is 5. The summed E-state index contributed by atoms with van der Waals surface area (Å²) in [7, 11) is 0. The lowest BCUT2D eigenvalue weighted by molar-refractivity contribution is -0.384. The van der Waals surface area contributed by atoms with Crippen LogP contribution in [0.2, 0.25) is 0 Å². The van der Waals surface area contributed by atoms with E-state index in [-0.39, 0.29) is 30.2 Å². The van der Waals surface area contributed by atoms with Gasteiger partial charge in [0.05, 0.1) is 15.5 Å². The minimum absolute atomic E-state index is 0.0792. The van der Waals surface area contributed by atoms with Crippen LogP contribution >= 0.6 is 11.8 Å². The minimum atomic E-state index is -0.494. The molecular formula is C22H19N5O4S. The maximum Gasteiger partial charge on any atom is 0.269 e. The second-order valence-corrected chi connectivity index (χ2v) is 7.88. The van der Waals surface area contributed by atoms with E-state index in [1.807, 2.05) is 30.3 Å². The maximum atomic E-state index is 13.2. The van der Waals surface area contributed by atoms with E-state index in [0.29, 0.717) is 27.1 Å². The second-order valence-electron chi connectivity index (χ2n) is 6.90. The van der Waals surface area contributed by atoms with Gasteiger partial charge >= 0.3 is 0 Å². The number of nitro groups is 1. The average molecular weight is 449 g/mol. The molecule has 1 aromatic heterocycles. The monoisotopic (exact) mass is 449 g/mol. The van der Waals surface area contributed by atoms with Crippen molar-refractivity contribution in [3.63, 3.8) is 0 Å². The summed E-state index contributed by atoms with van der Waals surface area (Å²) in [5.41, 5.74) is 1.56. The number of thioether (sulfide) groups is 1. The fourth-order valence-corrected chi connectivity index (χ4v) is 4.42. The molecule has 0 spiro atoms. The summed E-state index contributed by atoms with van der Waals surface area (Å²) in [6.07, 6.45) is 0.396. The van der Waals surface area contributed by atoms with Crippen LogP contribution < -0.4 is 5.01 Å². The topological polar surface area (TPSA) is 111 Å². The molecule has 0 fully saturated rings. The van der Waals surface area contributed by atoms with Crippen molar-refractivity contribution < 1.29 is 14.5 Å². The summed E-state index contributed by atoms with van der Waals surface area (Å²) in [5.74, 6) is 0.0309. The Bertz CT molecular complexity index is 1230. The molecule has 1 aliphatic rings. The van der Waals surface area contributed by atoms with Crippen molar-refractivity contribution in [1.82, 2.24) is 14.9 Å². The highest BCUT2D eigenvalue weighted by molar-refractivity contribution is 8.04. The third kappa shape index (κ3) is 3.69. The zero-order valence-electron chi connectivity index (χ0n) is 17.4. The van der Waals surface area contributed by atoms with E-state index < -0.39 is 4.92 Å². The summed E-state index contributed by atoms with van der Waals surface area (Å²) < 4.78 is 1.61. The van der Waals surface area contributed by atoms with E-state index in [1.54, 1.807) is 30.7 Å². The molecule has 0 saturated heterocycles. The highest BCUT2D eigenvalue weighted by atomic mass is 32.2. The van der Waals surface area contributed by atoms with Crippen molar-refractivity contribution in [3.05, 3.63) is 75.2 Å². The first-order chi connectivity index (χ1) is 15.5. The molecule has 1 aliphatic heterocycles. The van der Waals surface area contributed by atoms with Crippen LogP contribution in [0.1, 0.15) is 32.3 Å². The molecule has 0 aliphatic carbocycles. The van der Waals surface area contributed by atoms with E-state index in [9.17, 15) is 19.7 Å². The van der Waals surface area contributed by atoms with Gasteiger partial charge in [-0.05, 0) is 23.9 Å². The van der Waals surface area contributed by atoms with Gasteiger partial charge < -0.3 is 0 Å². The Hall–Kier alpha value is -3.79. The zero-order valence-corrected chi connectivity index (χ0v) is 18.2. The zero-order chi connectivity index (χ0) is 22.8. The number of benzene rings is 2. The van der Waals surface area contributed by atoms with Crippen LogP contribution in [-0.4, -0.2) is 31.5 Å². The van der Waals surface area contributed by atoms with E-state index >= 15 is 0 Å². The van der Waals surface area contributed by atoms with Crippen LogP contribution in [0, 0.1) is 10.1 Å². The predicted molar refractivity (Wildman–Crippen MR) is 120 cm³/mol. The normalized spacial score (nSPS) is 13.1. The molecule has 1 amide bonds. The summed E-state index contributed by atoms with van der Waals surface area (Å²) in [6, 6.07) is 15.1. The van der Waals surface area contributed by atoms with Gasteiger partial charge in [-0.25, -0.2) is 5.01 Å². The number of carbonyl (C=O) groups is 2. The number of non-ortho nitro benzene ring substituents is 1. The number of ketones is 1. The standard InChI is InChI=1S/C22H19N5O4S/c1-3-17(28)20-19(14-10-12-16(13-11-14)27(30)31)25(18(29)4-2)26-21(23-24-22(26)32-20)15-8-6-5-7-9-15/h5-13H,3-4H2,1-2H3. The number of hydrogen-bond acceptors (Lipinski definition) is 7. The molecule has 4 rings (SSSR count). The molecule has 3 aromatic rings. The van der Waals surface area contributed by atoms with Gasteiger partial charge in [0.25, 0.3) is 5.69 Å². The fraction of sp³-hybridized carbons (Fsp3) is 0.182. The first kappa shape index (κ1) is 21.4. The van der Waals surface area contributed by atoms with Gasteiger partial charge in [-0.3, -0.25) is 19.7 Å². The Labute approximate surface area is 187 Å². The van der Waals surface area contributed by atoms with E-state index in [4.69, 9.17) is 0 Å². The van der Waals surface area contributed by atoms with Crippen LogP contribution in [0.5, 0.6) is 0 Å².